The fraction of sp³-hybridized carbons (Fsp3) is 0.375. The summed E-state index contributed by atoms with van der Waals surface area (Å²) in [5.41, 5.74) is -0.160. The summed E-state index contributed by atoms with van der Waals surface area (Å²) in [6, 6.07) is 9.19. The van der Waals surface area contributed by atoms with E-state index in [1.807, 2.05) is 24.3 Å². The maximum atomic E-state index is 14.9. The highest BCUT2D eigenvalue weighted by atomic mass is 35.5. The van der Waals surface area contributed by atoms with E-state index in [4.69, 9.17) is 25.8 Å². The second kappa shape index (κ2) is 9.87. The number of hydrogen-bond donors (Lipinski definition) is 1. The molecule has 3 aromatic rings. The molecule has 10 nitrogen and oxygen atoms in total. The van der Waals surface area contributed by atoms with E-state index in [1.54, 1.807) is 14.0 Å². The molecule has 3 aliphatic rings. The van der Waals surface area contributed by atoms with Gasteiger partial charge in [-0.15, -0.1) is 0 Å². The number of methoxy groups -OCH3 is 2. The van der Waals surface area contributed by atoms with Gasteiger partial charge in [0, 0.05) is 43.3 Å². The fourth-order valence-electron chi connectivity index (χ4n) is 6.60. The van der Waals surface area contributed by atoms with Crippen LogP contribution in [0.3, 0.4) is 0 Å². The van der Waals surface area contributed by atoms with E-state index >= 15 is 0 Å². The van der Waals surface area contributed by atoms with Gasteiger partial charge in [0.1, 0.15) is 27.9 Å². The van der Waals surface area contributed by atoms with Crippen LogP contribution in [0.5, 0.6) is 17.2 Å². The normalized spacial score (nSPS) is 22.3. The topological polar surface area (TPSA) is 118 Å². The Hall–Kier alpha value is -4.31. The average Bonchev–Trinajstić information content (AvgIpc) is 3.31. The van der Waals surface area contributed by atoms with Gasteiger partial charge in [0.2, 0.25) is 17.2 Å². The zero-order valence-electron chi connectivity index (χ0n) is 25.0. The van der Waals surface area contributed by atoms with Crippen LogP contribution in [0.2, 0.25) is 5.02 Å². The molecule has 0 amide bonds. The van der Waals surface area contributed by atoms with Gasteiger partial charge < -0.3 is 19.5 Å². The van der Waals surface area contributed by atoms with Crippen LogP contribution in [0.1, 0.15) is 66.1 Å². The summed E-state index contributed by atoms with van der Waals surface area (Å²) in [5.74, 6) is -1.66. The largest absolute Gasteiger partial charge is 0.496 e. The average molecular weight is 606 g/mol. The molecule has 1 aliphatic carbocycles. The van der Waals surface area contributed by atoms with Crippen molar-refractivity contribution >= 4 is 29.0 Å². The van der Waals surface area contributed by atoms with Crippen LogP contribution in [-0.4, -0.2) is 40.5 Å². The fourth-order valence-corrected chi connectivity index (χ4v) is 6.86. The molecule has 224 valence electrons. The third-order valence-electron chi connectivity index (χ3n) is 9.01. The van der Waals surface area contributed by atoms with E-state index < -0.39 is 40.3 Å². The first kappa shape index (κ1) is 28.8. The van der Waals surface area contributed by atoms with Gasteiger partial charge in [0.25, 0.3) is 5.56 Å². The third kappa shape index (κ3) is 3.78. The number of Topliss-reactive ketones (excluding diaryl/α,β-unsaturated/α-hetero) is 2. The van der Waals surface area contributed by atoms with Gasteiger partial charge >= 0.3 is 5.69 Å². The number of aromatic nitrogens is 2. The molecule has 0 bridgehead atoms. The molecule has 2 aliphatic heterocycles. The van der Waals surface area contributed by atoms with Crippen molar-refractivity contribution < 1.29 is 23.8 Å². The third-order valence-corrected chi connectivity index (χ3v) is 9.37. The Balaban J connectivity index is 1.60. The predicted molar refractivity (Wildman–Crippen MR) is 161 cm³/mol. The maximum Gasteiger partial charge on any atom is 0.332 e. The number of fused-ring (bicyclic) bond motifs is 2. The Morgan fingerprint density at radius 3 is 2.26 bits per heavy atom. The van der Waals surface area contributed by atoms with Crippen molar-refractivity contribution in [3.05, 3.63) is 89.7 Å². The minimum atomic E-state index is -1.95. The second-order valence-corrected chi connectivity index (χ2v) is 12.0. The van der Waals surface area contributed by atoms with Crippen molar-refractivity contribution in [2.24, 2.45) is 20.0 Å². The molecule has 2 aromatic carbocycles. The number of hydrogen-bond acceptors (Lipinski definition) is 8. The number of ether oxygens (including phenoxy) is 3. The minimum absolute atomic E-state index is 0.0208. The Morgan fingerprint density at radius 1 is 1.00 bits per heavy atom. The van der Waals surface area contributed by atoms with Crippen LogP contribution in [0.4, 0.5) is 5.82 Å². The smallest absolute Gasteiger partial charge is 0.332 e. The number of carbonyl (C=O) groups is 2. The van der Waals surface area contributed by atoms with Crippen molar-refractivity contribution in [2.75, 3.05) is 19.5 Å². The van der Waals surface area contributed by atoms with Gasteiger partial charge in [-0.1, -0.05) is 56.6 Å². The molecular weight excluding hydrogens is 574 g/mol. The molecule has 0 fully saturated rings. The number of nitrogens with one attached hydrogen (secondary N) is 1. The molecule has 0 saturated carbocycles. The number of allylic oxidation sites excluding steroid dienone is 1. The molecule has 1 aromatic heterocycles. The van der Waals surface area contributed by atoms with Gasteiger partial charge in [0.15, 0.2) is 5.75 Å². The van der Waals surface area contributed by atoms with Crippen LogP contribution in [0, 0.1) is 5.92 Å². The number of halogens is 1. The number of benzene rings is 2. The summed E-state index contributed by atoms with van der Waals surface area (Å²) < 4.78 is 19.6. The molecule has 11 heteroatoms. The first-order valence-electron chi connectivity index (χ1n) is 14.0. The molecule has 1 N–H and O–H groups in total. The SMILES string of the molecule is COc1cc(OC)c2c(c1Cl)O[C@@]1(C(=O)C3=C(C[C@H]1C)Nc1c(c(=O)n(C)c(=O)n1C)[C@@H]3c1ccc(C(C)C)cc1)C2=O. The van der Waals surface area contributed by atoms with Gasteiger partial charge in [-0.3, -0.25) is 23.5 Å². The van der Waals surface area contributed by atoms with E-state index in [2.05, 4.69) is 19.2 Å². The predicted octanol–water partition coefficient (Wildman–Crippen LogP) is 4.31. The summed E-state index contributed by atoms with van der Waals surface area (Å²) in [4.78, 5) is 56.0. The molecule has 1 spiro atoms. The minimum Gasteiger partial charge on any atom is -0.496 e. The first-order valence-corrected chi connectivity index (χ1v) is 14.4. The van der Waals surface area contributed by atoms with Crippen LogP contribution in [0.15, 0.2) is 51.2 Å². The van der Waals surface area contributed by atoms with E-state index in [9.17, 15) is 19.2 Å². The van der Waals surface area contributed by atoms with Gasteiger partial charge in [0.05, 0.1) is 19.8 Å². The summed E-state index contributed by atoms with van der Waals surface area (Å²) in [6.45, 7) is 5.91. The monoisotopic (exact) mass is 605 g/mol. The number of nitrogens with zero attached hydrogens (tertiary/aromatic N) is 2. The van der Waals surface area contributed by atoms with Crippen molar-refractivity contribution in [2.45, 2.75) is 44.6 Å². The second-order valence-electron chi connectivity index (χ2n) is 11.6. The first-order chi connectivity index (χ1) is 20.4. The summed E-state index contributed by atoms with van der Waals surface area (Å²) in [6.07, 6.45) is 0.224. The molecule has 3 heterocycles. The highest BCUT2D eigenvalue weighted by molar-refractivity contribution is 6.36. The standard InChI is InChI=1S/C32H32ClN3O7/c1-14(2)16-8-10-17(11-9-16)21-22-18(34-29-24(21)30(39)36(5)31(40)35(29)4)12-15(3)32(27(22)37)28(38)23-19(41-6)13-20(42-7)25(33)26(23)43-32/h8-11,13-15,21,34H,12H2,1-7H3/t15-,21-,32+/m1/s1. The summed E-state index contributed by atoms with van der Waals surface area (Å²) >= 11 is 6.62. The van der Waals surface area contributed by atoms with E-state index in [0.717, 1.165) is 10.1 Å². The van der Waals surface area contributed by atoms with Gasteiger partial charge in [-0.25, -0.2) is 4.79 Å². The summed E-state index contributed by atoms with van der Waals surface area (Å²) in [7, 11) is 5.82. The Bertz CT molecular complexity index is 1890. The van der Waals surface area contributed by atoms with Crippen molar-refractivity contribution in [3.63, 3.8) is 0 Å². The maximum absolute atomic E-state index is 14.9. The van der Waals surface area contributed by atoms with Crippen molar-refractivity contribution in [3.8, 4) is 17.2 Å². The molecule has 0 unspecified atom stereocenters. The van der Waals surface area contributed by atoms with E-state index in [1.165, 1.54) is 31.9 Å². The number of carbonyl (C=O) groups excluding carboxylic acids is 2. The van der Waals surface area contributed by atoms with Crippen LogP contribution in [0.25, 0.3) is 0 Å². The zero-order valence-corrected chi connectivity index (χ0v) is 25.7. The highest BCUT2D eigenvalue weighted by Crippen LogP contribution is 2.56. The Kier molecular flexibility index (Phi) is 6.61. The summed E-state index contributed by atoms with van der Waals surface area (Å²) in [5, 5.41) is 3.29. The van der Waals surface area contributed by atoms with Crippen molar-refractivity contribution in [1.29, 1.82) is 0 Å². The van der Waals surface area contributed by atoms with E-state index in [-0.39, 0.29) is 51.3 Å². The zero-order chi connectivity index (χ0) is 31.1. The number of anilines is 1. The van der Waals surface area contributed by atoms with Crippen LogP contribution >= 0.6 is 11.6 Å². The molecule has 3 atom stereocenters. The van der Waals surface area contributed by atoms with Crippen molar-refractivity contribution in [1.82, 2.24) is 9.13 Å². The molecule has 6 rings (SSSR count). The molecule has 43 heavy (non-hydrogen) atoms. The molecular formula is C32H32ClN3O7. The van der Waals surface area contributed by atoms with Gasteiger partial charge in [-0.2, -0.15) is 0 Å². The van der Waals surface area contributed by atoms with Crippen LogP contribution < -0.4 is 30.8 Å². The number of ketones is 2. The molecule has 0 saturated heterocycles. The highest BCUT2D eigenvalue weighted by Gasteiger charge is 2.63. The lowest BCUT2D eigenvalue weighted by Crippen LogP contribution is -2.58. The van der Waals surface area contributed by atoms with Crippen LogP contribution in [-0.2, 0) is 18.9 Å². The number of rotatable bonds is 4. The Morgan fingerprint density at radius 2 is 1.65 bits per heavy atom. The quantitative estimate of drug-likeness (QED) is 0.437. The Labute approximate surface area is 252 Å². The lowest BCUT2D eigenvalue weighted by Gasteiger charge is -2.42. The molecule has 0 radical (unpaired) electrons. The lowest BCUT2D eigenvalue weighted by molar-refractivity contribution is -0.130. The van der Waals surface area contributed by atoms with Gasteiger partial charge in [-0.05, 0) is 23.5 Å². The van der Waals surface area contributed by atoms with E-state index in [0.29, 0.717) is 17.1 Å². The lowest BCUT2D eigenvalue weighted by atomic mass is 9.66.